The van der Waals surface area contributed by atoms with Crippen LogP contribution in [0.15, 0.2) is 89.7 Å². The van der Waals surface area contributed by atoms with Crippen LogP contribution in [0.4, 0.5) is 0 Å². The van der Waals surface area contributed by atoms with Crippen molar-refractivity contribution in [1.29, 1.82) is 0 Å². The summed E-state index contributed by atoms with van der Waals surface area (Å²) in [6.07, 6.45) is 14.9. The van der Waals surface area contributed by atoms with Gasteiger partial charge in [-0.2, -0.15) is 0 Å². The van der Waals surface area contributed by atoms with Gasteiger partial charge in [0.1, 0.15) is 5.75 Å². The molecule has 1 N–H and O–H groups in total. The summed E-state index contributed by atoms with van der Waals surface area (Å²) in [6.45, 7) is 0.183. The lowest BCUT2D eigenvalue weighted by Gasteiger charge is -2.22. The van der Waals surface area contributed by atoms with Gasteiger partial charge in [-0.15, -0.1) is 0 Å². The molecule has 0 bridgehead atoms. The molecule has 3 aromatic rings. The largest absolute Gasteiger partial charge is 0.490 e. The molecule has 2 aromatic carbocycles. The smallest absolute Gasteiger partial charge is 0.261 e. The number of hydrogen-bond donors (Lipinski definition) is 1. The van der Waals surface area contributed by atoms with E-state index in [-0.39, 0.29) is 11.5 Å². The summed E-state index contributed by atoms with van der Waals surface area (Å²) >= 11 is 6.49. The molecule has 0 amide bonds. The van der Waals surface area contributed by atoms with Crippen LogP contribution in [0, 0.1) is 0 Å². The van der Waals surface area contributed by atoms with Crippen LogP contribution in [0.1, 0.15) is 49.7 Å². The highest BCUT2D eigenvalue weighted by Gasteiger charge is 2.48. The van der Waals surface area contributed by atoms with Gasteiger partial charge >= 0.3 is 0 Å². The number of benzene rings is 2. The maximum Gasteiger partial charge on any atom is 0.261 e. The topological polar surface area (TPSA) is 77.5 Å². The molecule has 0 unspecified atom stereocenters. The molecule has 38 heavy (non-hydrogen) atoms. The van der Waals surface area contributed by atoms with Gasteiger partial charge in [-0.3, -0.25) is 9.71 Å². The van der Waals surface area contributed by atoms with E-state index in [0.717, 1.165) is 54.5 Å². The Labute approximate surface area is 228 Å². The Morgan fingerprint density at radius 3 is 2.68 bits per heavy atom. The maximum atomic E-state index is 13.0. The van der Waals surface area contributed by atoms with Gasteiger partial charge in [0.15, 0.2) is 0 Å². The number of pyridine rings is 1. The number of hydrogen-bond acceptors (Lipinski definition) is 5. The molecule has 0 aliphatic heterocycles. The zero-order valence-electron chi connectivity index (χ0n) is 20.9. The third-order valence-electron chi connectivity index (χ3n) is 7.12. The molecular formula is C30H29ClN2O4S. The molecular weight excluding hydrogens is 520 g/mol. The number of allylic oxidation sites excluding steroid dienone is 4. The monoisotopic (exact) mass is 548 g/mol. The minimum atomic E-state index is -3.73. The van der Waals surface area contributed by atoms with Crippen molar-refractivity contribution in [3.8, 4) is 16.9 Å². The Kier molecular flexibility index (Phi) is 6.76. The first-order chi connectivity index (χ1) is 18.4. The summed E-state index contributed by atoms with van der Waals surface area (Å²) in [5.74, 6) is 0.871. The van der Waals surface area contributed by atoms with Gasteiger partial charge in [0.25, 0.3) is 10.0 Å². The quantitative estimate of drug-likeness (QED) is 0.306. The van der Waals surface area contributed by atoms with Crippen molar-refractivity contribution in [3.63, 3.8) is 0 Å². The molecule has 2 saturated carbocycles. The van der Waals surface area contributed by atoms with Gasteiger partial charge in [0.05, 0.1) is 23.2 Å². The van der Waals surface area contributed by atoms with Crippen molar-refractivity contribution < 1.29 is 17.9 Å². The van der Waals surface area contributed by atoms with Crippen LogP contribution >= 0.6 is 11.6 Å². The van der Waals surface area contributed by atoms with E-state index in [1.165, 1.54) is 6.07 Å². The first-order valence-electron chi connectivity index (χ1n) is 12.9. The van der Waals surface area contributed by atoms with Crippen molar-refractivity contribution in [2.45, 2.75) is 61.7 Å². The highest BCUT2D eigenvalue weighted by Crippen LogP contribution is 2.53. The fourth-order valence-electron chi connectivity index (χ4n) is 4.72. The van der Waals surface area contributed by atoms with E-state index < -0.39 is 15.6 Å². The lowest BCUT2D eigenvalue weighted by molar-refractivity contribution is 0.0173. The van der Waals surface area contributed by atoms with Crippen molar-refractivity contribution in [3.05, 3.63) is 101 Å². The molecule has 0 spiro atoms. The fraction of sp³-hybridized carbons (Fsp3) is 0.300. The predicted octanol–water partition coefficient (Wildman–Crippen LogP) is 6.66. The number of aromatic nitrogens is 1. The van der Waals surface area contributed by atoms with E-state index in [1.807, 2.05) is 42.6 Å². The van der Waals surface area contributed by atoms with Gasteiger partial charge in [-0.25, -0.2) is 8.42 Å². The molecule has 0 atom stereocenters. The second-order valence-corrected chi connectivity index (χ2v) is 12.1. The van der Waals surface area contributed by atoms with E-state index in [4.69, 9.17) is 21.1 Å². The Hall–Kier alpha value is -3.13. The van der Waals surface area contributed by atoms with E-state index >= 15 is 0 Å². The number of rotatable bonds is 10. The van der Waals surface area contributed by atoms with Gasteiger partial charge in [-0.05, 0) is 86.1 Å². The molecule has 8 heteroatoms. The van der Waals surface area contributed by atoms with E-state index in [0.29, 0.717) is 28.8 Å². The van der Waals surface area contributed by atoms with Gasteiger partial charge in [-0.1, -0.05) is 42.0 Å². The zero-order chi connectivity index (χ0) is 26.2. The average molecular weight is 549 g/mol. The van der Waals surface area contributed by atoms with Crippen molar-refractivity contribution >= 4 is 21.6 Å². The van der Waals surface area contributed by atoms with Gasteiger partial charge in [0.2, 0.25) is 0 Å². The Bertz CT molecular complexity index is 1520. The normalized spacial score (nSPS) is 18.1. The molecule has 2 fully saturated rings. The Morgan fingerprint density at radius 2 is 1.92 bits per heavy atom. The second-order valence-electron chi connectivity index (χ2n) is 10.0. The molecule has 6 nitrogen and oxygen atoms in total. The SMILES string of the molecule is O=S(=O)(NC1=CC=CCC1)c1ccc(Cl)c(COC2(c3cnccc3-c3ccccc3OC3CC3)CC2)c1. The molecule has 3 aliphatic carbocycles. The van der Waals surface area contributed by atoms with Crippen molar-refractivity contribution in [1.82, 2.24) is 9.71 Å². The molecule has 1 heterocycles. The molecule has 6 rings (SSSR count). The van der Waals surface area contributed by atoms with E-state index in [1.54, 1.807) is 24.4 Å². The summed E-state index contributed by atoms with van der Waals surface area (Å²) in [5.41, 5.74) is 3.86. The van der Waals surface area contributed by atoms with Crippen molar-refractivity contribution in [2.24, 2.45) is 0 Å². The minimum Gasteiger partial charge on any atom is -0.490 e. The first kappa shape index (κ1) is 25.2. The summed E-state index contributed by atoms with van der Waals surface area (Å²) in [6, 6.07) is 14.8. The summed E-state index contributed by atoms with van der Waals surface area (Å²) < 4.78 is 41.5. The van der Waals surface area contributed by atoms with Gasteiger partial charge in [0, 0.05) is 34.2 Å². The molecule has 1 aromatic heterocycles. The minimum absolute atomic E-state index is 0.161. The van der Waals surface area contributed by atoms with Crippen LogP contribution in [0.3, 0.4) is 0 Å². The zero-order valence-corrected chi connectivity index (χ0v) is 22.5. The second kappa shape index (κ2) is 10.2. The maximum absolute atomic E-state index is 13.0. The standard InChI is InChI=1S/C30H29ClN2O4S/c31-28-13-12-24(38(34,35)33-22-6-2-1-3-7-22)18-21(28)20-36-30(15-16-30)27-19-32-17-14-25(27)26-8-4-5-9-29(26)37-23-10-11-23/h1-2,4-6,8-9,12-14,17-19,23,33H,3,7,10-11,15-16,20H2. The third-order valence-corrected chi connectivity index (χ3v) is 8.90. The lowest BCUT2D eigenvalue weighted by atomic mass is 9.96. The van der Waals surface area contributed by atoms with Gasteiger partial charge < -0.3 is 9.47 Å². The van der Waals surface area contributed by atoms with Crippen molar-refractivity contribution in [2.75, 3.05) is 0 Å². The number of nitrogens with zero attached hydrogens (tertiary/aromatic N) is 1. The molecule has 0 radical (unpaired) electrons. The van der Waals surface area contributed by atoms with Crippen LogP contribution in [0.5, 0.6) is 5.75 Å². The van der Waals surface area contributed by atoms with E-state index in [2.05, 4.69) is 15.8 Å². The van der Waals surface area contributed by atoms with E-state index in [9.17, 15) is 8.42 Å². The predicted molar refractivity (Wildman–Crippen MR) is 147 cm³/mol. The number of ether oxygens (including phenoxy) is 2. The fourth-order valence-corrected chi connectivity index (χ4v) is 6.07. The summed E-state index contributed by atoms with van der Waals surface area (Å²) in [5, 5.41) is 0.467. The lowest BCUT2D eigenvalue weighted by Crippen LogP contribution is -2.24. The summed E-state index contributed by atoms with van der Waals surface area (Å²) in [4.78, 5) is 4.57. The number of halogens is 1. The Balaban J connectivity index is 1.24. The molecule has 196 valence electrons. The van der Waals surface area contributed by atoms with Crippen LogP contribution in [0.25, 0.3) is 11.1 Å². The van der Waals surface area contributed by atoms with Crippen LogP contribution in [-0.2, 0) is 27.0 Å². The third kappa shape index (κ3) is 5.37. The highest BCUT2D eigenvalue weighted by atomic mass is 35.5. The Morgan fingerprint density at radius 1 is 1.08 bits per heavy atom. The first-order valence-corrected chi connectivity index (χ1v) is 14.8. The van der Waals surface area contributed by atoms with Crippen LogP contribution in [-0.4, -0.2) is 19.5 Å². The number of nitrogens with one attached hydrogen (secondary N) is 1. The van der Waals surface area contributed by atoms with Crippen LogP contribution in [0.2, 0.25) is 5.02 Å². The number of sulfonamides is 1. The highest BCUT2D eigenvalue weighted by molar-refractivity contribution is 7.89. The van der Waals surface area contributed by atoms with Crippen LogP contribution < -0.4 is 9.46 Å². The molecule has 0 saturated heterocycles. The number of para-hydroxylation sites is 1. The summed E-state index contributed by atoms with van der Waals surface area (Å²) in [7, 11) is -3.73. The average Bonchev–Trinajstić information content (AvgIpc) is 3.86. The molecule has 3 aliphatic rings.